The second kappa shape index (κ2) is 9.85. The summed E-state index contributed by atoms with van der Waals surface area (Å²) in [6, 6.07) is 8.48. The topological polar surface area (TPSA) is 76.4 Å². The van der Waals surface area contributed by atoms with E-state index in [-0.39, 0.29) is 5.91 Å². The Labute approximate surface area is 194 Å². The van der Waals surface area contributed by atoms with Crippen molar-refractivity contribution in [2.45, 2.75) is 27.3 Å². The molecule has 1 aliphatic heterocycles. The summed E-state index contributed by atoms with van der Waals surface area (Å²) in [4.78, 5) is 25.4. The zero-order valence-corrected chi connectivity index (χ0v) is 19.7. The molecule has 1 amide bonds. The van der Waals surface area contributed by atoms with E-state index in [0.717, 1.165) is 22.8 Å². The van der Waals surface area contributed by atoms with Crippen molar-refractivity contribution in [3.8, 4) is 5.88 Å². The largest absolute Gasteiger partial charge is 0.480 e. The number of methoxy groups -OCH3 is 1. The number of rotatable bonds is 6. The maximum atomic E-state index is 12.8. The normalized spacial score (nSPS) is 14.2. The first-order valence-corrected chi connectivity index (χ1v) is 11.1. The van der Waals surface area contributed by atoms with E-state index in [9.17, 15) is 4.79 Å². The lowest BCUT2D eigenvalue weighted by Crippen LogP contribution is -2.48. The Balaban J connectivity index is 1.38. The molecule has 3 heterocycles. The molecule has 0 bridgehead atoms. The zero-order valence-electron chi connectivity index (χ0n) is 19.7. The van der Waals surface area contributed by atoms with Gasteiger partial charge in [0.1, 0.15) is 0 Å². The van der Waals surface area contributed by atoms with E-state index in [4.69, 9.17) is 4.74 Å². The number of ether oxygens (including phenoxy) is 1. The van der Waals surface area contributed by atoms with Crippen molar-refractivity contribution in [1.29, 1.82) is 0 Å². The summed E-state index contributed by atoms with van der Waals surface area (Å²) in [6.45, 7) is 9.49. The van der Waals surface area contributed by atoms with Gasteiger partial charge in [0.05, 0.1) is 31.7 Å². The van der Waals surface area contributed by atoms with E-state index in [1.165, 1.54) is 11.1 Å². The molecule has 0 unspecified atom stereocenters. The monoisotopic (exact) mass is 446 g/mol. The fraction of sp³-hybridized carbons (Fsp3) is 0.360. The summed E-state index contributed by atoms with van der Waals surface area (Å²) in [5, 5.41) is 4.69. The van der Waals surface area contributed by atoms with Gasteiger partial charge < -0.3 is 14.5 Å². The highest BCUT2D eigenvalue weighted by atomic mass is 16.5. The lowest BCUT2D eigenvalue weighted by molar-refractivity contribution is -0.126. The van der Waals surface area contributed by atoms with Gasteiger partial charge in [0.25, 0.3) is 0 Å². The van der Waals surface area contributed by atoms with Crippen LogP contribution in [0.4, 0.5) is 5.82 Å². The van der Waals surface area contributed by atoms with E-state index in [2.05, 4.69) is 51.2 Å². The zero-order chi connectivity index (χ0) is 23.4. The minimum absolute atomic E-state index is 0.0106. The van der Waals surface area contributed by atoms with Crippen LogP contribution in [0.15, 0.2) is 42.7 Å². The van der Waals surface area contributed by atoms with Gasteiger partial charge in [0, 0.05) is 43.5 Å². The Morgan fingerprint density at radius 2 is 1.79 bits per heavy atom. The molecule has 0 aliphatic carbocycles. The lowest BCUT2D eigenvalue weighted by atomic mass is 10.1. The van der Waals surface area contributed by atoms with Gasteiger partial charge in [-0.15, -0.1) is 0 Å². The summed E-state index contributed by atoms with van der Waals surface area (Å²) in [5.74, 6) is 1.27. The van der Waals surface area contributed by atoms with Crippen LogP contribution in [0.2, 0.25) is 0 Å². The third-order valence-electron chi connectivity index (χ3n) is 6.01. The second-order valence-corrected chi connectivity index (χ2v) is 8.29. The predicted octanol–water partition coefficient (Wildman–Crippen LogP) is 3.02. The van der Waals surface area contributed by atoms with Crippen molar-refractivity contribution in [3.63, 3.8) is 0 Å². The summed E-state index contributed by atoms with van der Waals surface area (Å²) in [7, 11) is 1.58. The van der Waals surface area contributed by atoms with Gasteiger partial charge in [-0.2, -0.15) is 10.1 Å². The number of anilines is 1. The first-order valence-electron chi connectivity index (χ1n) is 11.1. The summed E-state index contributed by atoms with van der Waals surface area (Å²) >= 11 is 0. The number of piperazine rings is 1. The van der Waals surface area contributed by atoms with Crippen LogP contribution < -0.4 is 9.64 Å². The van der Waals surface area contributed by atoms with Crippen molar-refractivity contribution in [2.75, 3.05) is 38.2 Å². The summed E-state index contributed by atoms with van der Waals surface area (Å²) < 4.78 is 7.16. The molecule has 0 radical (unpaired) electrons. The molecule has 2 aromatic heterocycles. The predicted molar refractivity (Wildman–Crippen MR) is 128 cm³/mol. The van der Waals surface area contributed by atoms with Crippen LogP contribution in [-0.4, -0.2) is 63.8 Å². The average Bonchev–Trinajstić information content (AvgIpc) is 3.11. The minimum atomic E-state index is 0.0106. The molecule has 3 aromatic rings. The number of hydrogen-bond acceptors (Lipinski definition) is 6. The number of hydrogen-bond donors (Lipinski definition) is 0. The number of aromatic nitrogens is 4. The second-order valence-electron chi connectivity index (χ2n) is 8.29. The number of amides is 1. The van der Waals surface area contributed by atoms with Crippen LogP contribution in [-0.2, 0) is 11.3 Å². The van der Waals surface area contributed by atoms with Crippen LogP contribution in [0.3, 0.4) is 0 Å². The van der Waals surface area contributed by atoms with Gasteiger partial charge in [-0.3, -0.25) is 14.5 Å². The van der Waals surface area contributed by atoms with Crippen molar-refractivity contribution in [3.05, 3.63) is 70.8 Å². The first-order chi connectivity index (χ1) is 15.9. The highest BCUT2D eigenvalue weighted by molar-refractivity contribution is 5.92. The Morgan fingerprint density at radius 3 is 2.48 bits per heavy atom. The number of benzene rings is 1. The van der Waals surface area contributed by atoms with Crippen molar-refractivity contribution in [1.82, 2.24) is 24.6 Å². The van der Waals surface area contributed by atoms with E-state index >= 15 is 0 Å². The summed E-state index contributed by atoms with van der Waals surface area (Å²) in [5.41, 5.74) is 5.42. The van der Waals surface area contributed by atoms with Crippen LogP contribution in [0.25, 0.3) is 6.08 Å². The number of nitrogens with zero attached hydrogens (tertiary/aromatic N) is 6. The van der Waals surface area contributed by atoms with Crippen molar-refractivity contribution < 1.29 is 9.53 Å². The molecular weight excluding hydrogens is 416 g/mol. The van der Waals surface area contributed by atoms with Gasteiger partial charge in [-0.1, -0.05) is 29.8 Å². The van der Waals surface area contributed by atoms with E-state index in [1.807, 2.05) is 29.5 Å². The molecule has 1 aliphatic rings. The van der Waals surface area contributed by atoms with Gasteiger partial charge in [0.2, 0.25) is 11.8 Å². The maximum absolute atomic E-state index is 12.8. The number of carbonyl (C=O) groups excluding carboxylic acids is 1. The molecule has 0 saturated carbocycles. The van der Waals surface area contributed by atoms with E-state index in [0.29, 0.717) is 38.6 Å². The molecule has 0 atom stereocenters. The first kappa shape index (κ1) is 22.5. The SMILES string of the molecule is COc1cncc(N2CCN(C(=O)C=Cc3c(C)nn(Cc4ccc(C)cc4)c3C)CC2)n1. The van der Waals surface area contributed by atoms with Crippen LogP contribution in [0.5, 0.6) is 5.88 Å². The third kappa shape index (κ3) is 5.22. The fourth-order valence-corrected chi connectivity index (χ4v) is 3.98. The minimum Gasteiger partial charge on any atom is -0.480 e. The molecule has 0 spiro atoms. The van der Waals surface area contributed by atoms with Crippen molar-refractivity contribution >= 4 is 17.8 Å². The molecule has 33 heavy (non-hydrogen) atoms. The quantitative estimate of drug-likeness (QED) is 0.542. The molecule has 172 valence electrons. The molecule has 1 fully saturated rings. The maximum Gasteiger partial charge on any atom is 0.246 e. The number of carbonyl (C=O) groups is 1. The highest BCUT2D eigenvalue weighted by Crippen LogP contribution is 2.18. The Hall–Kier alpha value is -3.68. The van der Waals surface area contributed by atoms with Gasteiger partial charge in [-0.25, -0.2) is 0 Å². The lowest BCUT2D eigenvalue weighted by Gasteiger charge is -2.34. The Bertz CT molecular complexity index is 1140. The molecule has 8 nitrogen and oxygen atoms in total. The molecular formula is C25H30N6O2. The van der Waals surface area contributed by atoms with Gasteiger partial charge in [0.15, 0.2) is 5.82 Å². The fourth-order valence-electron chi connectivity index (χ4n) is 3.98. The van der Waals surface area contributed by atoms with Gasteiger partial charge >= 0.3 is 0 Å². The van der Waals surface area contributed by atoms with Gasteiger partial charge in [-0.05, 0) is 32.4 Å². The van der Waals surface area contributed by atoms with E-state index in [1.54, 1.807) is 25.6 Å². The standard InChI is InChI=1S/C25H30N6O2/c1-18-5-7-21(8-6-18)17-31-20(3)22(19(2)28-31)9-10-25(32)30-13-11-29(12-14-30)23-15-26-16-24(27-23)33-4/h5-10,15-16H,11-14,17H2,1-4H3. The highest BCUT2D eigenvalue weighted by Gasteiger charge is 2.21. The average molecular weight is 447 g/mol. The van der Waals surface area contributed by atoms with Crippen LogP contribution in [0, 0.1) is 20.8 Å². The Kier molecular flexibility index (Phi) is 6.72. The molecule has 1 aromatic carbocycles. The third-order valence-corrected chi connectivity index (χ3v) is 6.01. The van der Waals surface area contributed by atoms with Crippen LogP contribution >= 0.6 is 0 Å². The van der Waals surface area contributed by atoms with Crippen LogP contribution in [0.1, 0.15) is 28.1 Å². The smallest absolute Gasteiger partial charge is 0.246 e. The molecule has 4 rings (SSSR count). The molecule has 8 heteroatoms. The Morgan fingerprint density at radius 1 is 1.06 bits per heavy atom. The number of aryl methyl sites for hydroxylation is 2. The summed E-state index contributed by atoms with van der Waals surface area (Å²) in [6.07, 6.45) is 6.86. The molecule has 1 saturated heterocycles. The molecule has 0 N–H and O–H groups in total. The van der Waals surface area contributed by atoms with Crippen molar-refractivity contribution in [2.24, 2.45) is 0 Å². The van der Waals surface area contributed by atoms with E-state index < -0.39 is 0 Å².